The number of hydrogen-bond donors (Lipinski definition) is 1. The predicted octanol–water partition coefficient (Wildman–Crippen LogP) is 3.64. The van der Waals surface area contributed by atoms with Crippen LogP contribution >= 0.6 is 0 Å². The molecule has 0 spiro atoms. The van der Waals surface area contributed by atoms with E-state index in [1.165, 1.54) is 18.4 Å². The highest BCUT2D eigenvalue weighted by molar-refractivity contribution is 5.48. The Bertz CT molecular complexity index is 349. The fraction of sp³-hybridized carbons (Fsp3) is 0.467. The summed E-state index contributed by atoms with van der Waals surface area (Å²) in [6, 6.07) is 10.3. The van der Waals surface area contributed by atoms with Crippen molar-refractivity contribution in [3.63, 3.8) is 0 Å². The molecule has 1 aliphatic carbocycles. The molecular weight excluding hydrogens is 196 g/mol. The van der Waals surface area contributed by atoms with E-state index in [1.807, 2.05) is 18.2 Å². The molecule has 0 bridgehead atoms. The molecule has 0 aromatic heterocycles. The van der Waals surface area contributed by atoms with Gasteiger partial charge in [-0.25, -0.2) is 0 Å². The van der Waals surface area contributed by atoms with E-state index in [2.05, 4.69) is 31.2 Å². The van der Waals surface area contributed by atoms with Crippen LogP contribution in [0.25, 0.3) is 6.08 Å². The second kappa shape index (κ2) is 4.84. The fourth-order valence-electron chi connectivity index (χ4n) is 1.92. The van der Waals surface area contributed by atoms with E-state index >= 15 is 0 Å². The van der Waals surface area contributed by atoms with E-state index < -0.39 is 0 Å². The third-order valence-corrected chi connectivity index (χ3v) is 3.56. The Balaban J connectivity index is 1.74. The summed E-state index contributed by atoms with van der Waals surface area (Å²) in [7, 11) is 0. The first-order valence-corrected chi connectivity index (χ1v) is 6.10. The molecule has 0 heterocycles. The van der Waals surface area contributed by atoms with Crippen LogP contribution in [0, 0.1) is 5.41 Å². The molecule has 0 saturated heterocycles. The van der Waals surface area contributed by atoms with Gasteiger partial charge in [0.15, 0.2) is 0 Å². The van der Waals surface area contributed by atoms with Gasteiger partial charge in [0, 0.05) is 0 Å². The molecule has 16 heavy (non-hydrogen) atoms. The third kappa shape index (κ3) is 2.96. The molecule has 1 aromatic rings. The van der Waals surface area contributed by atoms with E-state index in [4.69, 9.17) is 0 Å². The van der Waals surface area contributed by atoms with E-state index in [0.29, 0.717) is 0 Å². The van der Waals surface area contributed by atoms with Crippen molar-refractivity contribution in [1.82, 2.24) is 0 Å². The van der Waals surface area contributed by atoms with Crippen molar-refractivity contribution in [3.05, 3.63) is 42.0 Å². The SMILES string of the molecule is CC1(C(O)CC/C=C/c2ccccc2)CC1. The number of benzene rings is 1. The lowest BCUT2D eigenvalue weighted by Gasteiger charge is -2.15. The first kappa shape index (κ1) is 11.4. The van der Waals surface area contributed by atoms with Crippen molar-refractivity contribution in [2.45, 2.75) is 38.7 Å². The van der Waals surface area contributed by atoms with Crippen molar-refractivity contribution >= 4 is 6.08 Å². The molecule has 2 rings (SSSR count). The summed E-state index contributed by atoms with van der Waals surface area (Å²) in [6.07, 6.45) is 8.40. The molecule has 1 N–H and O–H groups in total. The number of aliphatic hydroxyl groups excluding tert-OH is 1. The van der Waals surface area contributed by atoms with Crippen molar-refractivity contribution in [2.24, 2.45) is 5.41 Å². The van der Waals surface area contributed by atoms with Crippen LogP contribution in [0.2, 0.25) is 0 Å². The van der Waals surface area contributed by atoms with Crippen LogP contribution in [0.4, 0.5) is 0 Å². The lowest BCUT2D eigenvalue weighted by molar-refractivity contribution is 0.0953. The molecule has 0 aliphatic heterocycles. The third-order valence-electron chi connectivity index (χ3n) is 3.56. The summed E-state index contributed by atoms with van der Waals surface area (Å²) < 4.78 is 0. The monoisotopic (exact) mass is 216 g/mol. The van der Waals surface area contributed by atoms with E-state index in [-0.39, 0.29) is 11.5 Å². The van der Waals surface area contributed by atoms with Gasteiger partial charge in [0.1, 0.15) is 0 Å². The van der Waals surface area contributed by atoms with Crippen LogP contribution in [0.15, 0.2) is 36.4 Å². The maximum atomic E-state index is 9.91. The van der Waals surface area contributed by atoms with Gasteiger partial charge in [-0.15, -0.1) is 0 Å². The minimum Gasteiger partial charge on any atom is -0.393 e. The van der Waals surface area contributed by atoms with Crippen molar-refractivity contribution < 1.29 is 5.11 Å². The van der Waals surface area contributed by atoms with Crippen LogP contribution in [-0.2, 0) is 0 Å². The Morgan fingerprint density at radius 1 is 1.31 bits per heavy atom. The van der Waals surface area contributed by atoms with Gasteiger partial charge in [-0.3, -0.25) is 0 Å². The molecule has 0 amide bonds. The fourth-order valence-corrected chi connectivity index (χ4v) is 1.92. The molecular formula is C15H20O. The van der Waals surface area contributed by atoms with Crippen LogP contribution in [-0.4, -0.2) is 11.2 Å². The summed E-state index contributed by atoms with van der Waals surface area (Å²) in [5, 5.41) is 9.91. The quantitative estimate of drug-likeness (QED) is 0.796. The van der Waals surface area contributed by atoms with E-state index in [9.17, 15) is 5.11 Å². The summed E-state index contributed by atoms with van der Waals surface area (Å²) in [5.41, 5.74) is 1.47. The van der Waals surface area contributed by atoms with Gasteiger partial charge >= 0.3 is 0 Å². The first-order valence-electron chi connectivity index (χ1n) is 6.10. The van der Waals surface area contributed by atoms with Gasteiger partial charge in [0.25, 0.3) is 0 Å². The molecule has 1 nitrogen and oxygen atoms in total. The molecule has 1 aliphatic rings. The van der Waals surface area contributed by atoms with Gasteiger partial charge < -0.3 is 5.11 Å². The Labute approximate surface area is 97.8 Å². The molecule has 1 heteroatoms. The molecule has 86 valence electrons. The van der Waals surface area contributed by atoms with Crippen LogP contribution < -0.4 is 0 Å². The molecule has 1 unspecified atom stereocenters. The average Bonchev–Trinajstić information content (AvgIpc) is 3.05. The van der Waals surface area contributed by atoms with Crippen LogP contribution in [0.1, 0.15) is 38.2 Å². The largest absolute Gasteiger partial charge is 0.393 e. The molecule has 1 fully saturated rings. The molecule has 1 atom stereocenters. The Kier molecular flexibility index (Phi) is 3.45. The number of rotatable bonds is 5. The van der Waals surface area contributed by atoms with Gasteiger partial charge in [-0.2, -0.15) is 0 Å². The van der Waals surface area contributed by atoms with Gasteiger partial charge in [0.05, 0.1) is 6.10 Å². The highest BCUT2D eigenvalue weighted by atomic mass is 16.3. The molecule has 1 aromatic carbocycles. The van der Waals surface area contributed by atoms with Crippen molar-refractivity contribution in [2.75, 3.05) is 0 Å². The van der Waals surface area contributed by atoms with E-state index in [0.717, 1.165) is 12.8 Å². The summed E-state index contributed by atoms with van der Waals surface area (Å²) in [5.74, 6) is 0. The normalized spacial score (nSPS) is 19.9. The van der Waals surface area contributed by atoms with E-state index in [1.54, 1.807) is 0 Å². The van der Waals surface area contributed by atoms with Gasteiger partial charge in [-0.05, 0) is 36.7 Å². The minimum absolute atomic E-state index is 0.118. The number of allylic oxidation sites excluding steroid dienone is 1. The summed E-state index contributed by atoms with van der Waals surface area (Å²) in [6.45, 7) is 2.18. The standard InChI is InChI=1S/C15H20O/c1-15(11-12-15)14(16)10-6-5-9-13-7-3-2-4-8-13/h2-5,7-9,14,16H,6,10-12H2,1H3/b9-5+. The number of hydrogen-bond acceptors (Lipinski definition) is 1. The number of aliphatic hydroxyl groups is 1. The van der Waals surface area contributed by atoms with Gasteiger partial charge in [-0.1, -0.05) is 49.4 Å². The maximum Gasteiger partial charge on any atom is 0.0596 e. The van der Waals surface area contributed by atoms with Crippen LogP contribution in [0.5, 0.6) is 0 Å². The zero-order chi connectivity index (χ0) is 11.4. The lowest BCUT2D eigenvalue weighted by Crippen LogP contribution is -2.17. The zero-order valence-corrected chi connectivity index (χ0v) is 9.89. The Hall–Kier alpha value is -1.08. The summed E-state index contributed by atoms with van der Waals surface area (Å²) in [4.78, 5) is 0. The smallest absolute Gasteiger partial charge is 0.0596 e. The van der Waals surface area contributed by atoms with Gasteiger partial charge in [0.2, 0.25) is 0 Å². The minimum atomic E-state index is -0.118. The Morgan fingerprint density at radius 3 is 2.62 bits per heavy atom. The maximum absolute atomic E-state index is 9.91. The zero-order valence-electron chi connectivity index (χ0n) is 9.89. The second-order valence-corrected chi connectivity index (χ2v) is 5.06. The second-order valence-electron chi connectivity index (χ2n) is 5.06. The summed E-state index contributed by atoms with van der Waals surface area (Å²) >= 11 is 0. The lowest BCUT2D eigenvalue weighted by atomic mass is 9.97. The molecule has 0 radical (unpaired) electrons. The highest BCUT2D eigenvalue weighted by Crippen LogP contribution is 2.49. The van der Waals surface area contributed by atoms with Crippen LogP contribution in [0.3, 0.4) is 0 Å². The Morgan fingerprint density at radius 2 is 2.00 bits per heavy atom. The average molecular weight is 216 g/mol. The topological polar surface area (TPSA) is 20.2 Å². The first-order chi connectivity index (χ1) is 7.71. The van der Waals surface area contributed by atoms with Crippen molar-refractivity contribution in [1.29, 1.82) is 0 Å². The highest BCUT2D eigenvalue weighted by Gasteiger charge is 2.43. The predicted molar refractivity (Wildman–Crippen MR) is 68.1 cm³/mol. The molecule has 1 saturated carbocycles. The van der Waals surface area contributed by atoms with Crippen molar-refractivity contribution in [3.8, 4) is 0 Å².